The van der Waals surface area contributed by atoms with E-state index in [2.05, 4.69) is 27.4 Å². The van der Waals surface area contributed by atoms with Gasteiger partial charge in [-0.1, -0.05) is 52.2 Å². The highest BCUT2D eigenvalue weighted by Crippen LogP contribution is 2.31. The minimum absolute atomic E-state index is 0.0978. The second-order valence-electron chi connectivity index (χ2n) is 6.84. The Balaban J connectivity index is 4.85. The van der Waals surface area contributed by atoms with Crippen molar-refractivity contribution in [1.29, 1.82) is 0 Å². The van der Waals surface area contributed by atoms with E-state index in [4.69, 9.17) is 0 Å². The number of unbranched alkanes of at least 4 members (excludes halogenated alkanes) is 1. The summed E-state index contributed by atoms with van der Waals surface area (Å²) >= 11 is 0. The number of carbonyl (C=O) groups is 1. The first-order chi connectivity index (χ1) is 10.4. The molecule has 0 aromatic rings. The molecule has 0 saturated heterocycles. The molecule has 0 aromatic carbocycles. The second-order valence-corrected chi connectivity index (χ2v) is 6.84. The predicted molar refractivity (Wildman–Crippen MR) is 97.0 cm³/mol. The zero-order chi connectivity index (χ0) is 17.0. The Kier molecular flexibility index (Phi) is 10.9. The third kappa shape index (κ3) is 9.04. The molecule has 0 N–H and O–H groups in total. The van der Waals surface area contributed by atoms with Crippen LogP contribution in [0.15, 0.2) is 24.8 Å². The molecule has 3 heteroatoms. The molecule has 128 valence electrons. The van der Waals surface area contributed by atoms with Crippen molar-refractivity contribution >= 4 is 5.91 Å². The maximum absolute atomic E-state index is 12.4. The van der Waals surface area contributed by atoms with E-state index in [1.807, 2.05) is 36.0 Å². The standard InChI is InChI=1S/C19H36N2O/c1-7-10-14-19(4,13-8-2)17-21(15-9-3)18(22)12-11-16-20(5)6/h9,11-12H,3,7-8,10,13-17H2,1-2,4-6H3/b12-11+. The Labute approximate surface area is 138 Å². The van der Waals surface area contributed by atoms with Crippen LogP contribution in [0, 0.1) is 5.41 Å². The van der Waals surface area contributed by atoms with Crippen molar-refractivity contribution in [2.24, 2.45) is 5.41 Å². The molecule has 0 rings (SSSR count). The van der Waals surface area contributed by atoms with E-state index in [0.717, 1.165) is 25.9 Å². The number of hydrogen-bond acceptors (Lipinski definition) is 2. The highest BCUT2D eigenvalue weighted by Gasteiger charge is 2.27. The molecule has 1 unspecified atom stereocenters. The van der Waals surface area contributed by atoms with Gasteiger partial charge in [0.15, 0.2) is 0 Å². The summed E-state index contributed by atoms with van der Waals surface area (Å²) in [6.45, 7) is 12.8. The van der Waals surface area contributed by atoms with Crippen LogP contribution in [0.4, 0.5) is 0 Å². The average molecular weight is 309 g/mol. The number of hydrogen-bond donors (Lipinski definition) is 0. The van der Waals surface area contributed by atoms with Gasteiger partial charge in [-0.3, -0.25) is 4.79 Å². The minimum atomic E-state index is 0.0978. The van der Waals surface area contributed by atoms with E-state index in [1.165, 1.54) is 19.3 Å². The fourth-order valence-corrected chi connectivity index (χ4v) is 2.81. The maximum atomic E-state index is 12.4. The maximum Gasteiger partial charge on any atom is 0.246 e. The van der Waals surface area contributed by atoms with Crippen LogP contribution < -0.4 is 0 Å². The van der Waals surface area contributed by atoms with E-state index in [0.29, 0.717) is 6.54 Å². The van der Waals surface area contributed by atoms with Crippen LogP contribution in [0.5, 0.6) is 0 Å². The van der Waals surface area contributed by atoms with Crippen molar-refractivity contribution in [3.8, 4) is 0 Å². The van der Waals surface area contributed by atoms with Gasteiger partial charge in [0.05, 0.1) is 0 Å². The fraction of sp³-hybridized carbons (Fsp3) is 0.737. The lowest BCUT2D eigenvalue weighted by atomic mass is 9.80. The third-order valence-corrected chi connectivity index (χ3v) is 3.95. The van der Waals surface area contributed by atoms with Gasteiger partial charge in [-0.2, -0.15) is 0 Å². The first kappa shape index (κ1) is 20.9. The monoisotopic (exact) mass is 308 g/mol. The molecule has 3 nitrogen and oxygen atoms in total. The third-order valence-electron chi connectivity index (χ3n) is 3.95. The normalized spacial score (nSPS) is 14.3. The lowest BCUT2D eigenvalue weighted by molar-refractivity contribution is -0.127. The van der Waals surface area contributed by atoms with Crippen LogP contribution >= 0.6 is 0 Å². The highest BCUT2D eigenvalue weighted by atomic mass is 16.2. The Bertz CT molecular complexity index is 349. The zero-order valence-corrected chi connectivity index (χ0v) is 15.4. The summed E-state index contributed by atoms with van der Waals surface area (Å²) in [5, 5.41) is 0. The highest BCUT2D eigenvalue weighted by molar-refractivity contribution is 5.87. The van der Waals surface area contributed by atoms with Crippen molar-refractivity contribution in [3.63, 3.8) is 0 Å². The van der Waals surface area contributed by atoms with Crippen LogP contribution in [-0.2, 0) is 4.79 Å². The van der Waals surface area contributed by atoms with Gasteiger partial charge < -0.3 is 9.80 Å². The van der Waals surface area contributed by atoms with Gasteiger partial charge in [0.2, 0.25) is 5.91 Å². The molecule has 0 aliphatic carbocycles. The zero-order valence-electron chi connectivity index (χ0n) is 15.4. The van der Waals surface area contributed by atoms with Gasteiger partial charge in [0.25, 0.3) is 0 Å². The van der Waals surface area contributed by atoms with Crippen LogP contribution in [0.1, 0.15) is 52.9 Å². The van der Waals surface area contributed by atoms with Crippen molar-refractivity contribution in [1.82, 2.24) is 9.80 Å². The Hall–Kier alpha value is -1.09. The predicted octanol–water partition coefficient (Wildman–Crippen LogP) is 4.12. The SMILES string of the molecule is C=CCN(CC(C)(CCC)CCCC)C(=O)/C=C/CN(C)C. The number of nitrogens with zero attached hydrogens (tertiary/aromatic N) is 2. The van der Waals surface area contributed by atoms with Crippen molar-refractivity contribution in [2.75, 3.05) is 33.7 Å². The van der Waals surface area contributed by atoms with Gasteiger partial charge in [-0.05, 0) is 32.4 Å². The summed E-state index contributed by atoms with van der Waals surface area (Å²) in [6.07, 6.45) is 11.4. The average Bonchev–Trinajstić information content (AvgIpc) is 2.44. The molecule has 1 amide bonds. The van der Waals surface area contributed by atoms with Crippen LogP contribution in [0.25, 0.3) is 0 Å². The summed E-state index contributed by atoms with van der Waals surface area (Å²) in [5.74, 6) is 0.0978. The molecule has 0 spiro atoms. The van der Waals surface area contributed by atoms with E-state index >= 15 is 0 Å². The quantitative estimate of drug-likeness (QED) is 0.400. The minimum Gasteiger partial charge on any atom is -0.335 e. The summed E-state index contributed by atoms with van der Waals surface area (Å²) < 4.78 is 0. The molecule has 1 atom stereocenters. The molecular formula is C19H36N2O. The van der Waals surface area contributed by atoms with E-state index < -0.39 is 0 Å². The first-order valence-corrected chi connectivity index (χ1v) is 8.59. The van der Waals surface area contributed by atoms with Gasteiger partial charge in [0, 0.05) is 25.7 Å². The lowest BCUT2D eigenvalue weighted by Gasteiger charge is -2.35. The summed E-state index contributed by atoms with van der Waals surface area (Å²) in [5.41, 5.74) is 0.207. The molecule has 0 fully saturated rings. The number of likely N-dealkylation sites (N-methyl/N-ethyl adjacent to an activating group) is 1. The molecule has 0 bridgehead atoms. The van der Waals surface area contributed by atoms with Crippen LogP contribution in [0.3, 0.4) is 0 Å². The summed E-state index contributed by atoms with van der Waals surface area (Å²) in [4.78, 5) is 16.4. The molecule has 0 heterocycles. The van der Waals surface area contributed by atoms with Crippen molar-refractivity contribution < 1.29 is 4.79 Å². The summed E-state index contributed by atoms with van der Waals surface area (Å²) in [6, 6.07) is 0. The molecule has 0 aliphatic heterocycles. The molecule has 22 heavy (non-hydrogen) atoms. The second kappa shape index (κ2) is 11.5. The van der Waals surface area contributed by atoms with Gasteiger partial charge in [0.1, 0.15) is 0 Å². The Morgan fingerprint density at radius 3 is 2.32 bits per heavy atom. The van der Waals surface area contributed by atoms with E-state index in [-0.39, 0.29) is 11.3 Å². The Morgan fingerprint density at radius 2 is 1.82 bits per heavy atom. The summed E-state index contributed by atoms with van der Waals surface area (Å²) in [7, 11) is 4.00. The molecule has 0 radical (unpaired) electrons. The van der Waals surface area contributed by atoms with Gasteiger partial charge in [-0.25, -0.2) is 0 Å². The van der Waals surface area contributed by atoms with Gasteiger partial charge in [-0.15, -0.1) is 6.58 Å². The smallest absolute Gasteiger partial charge is 0.246 e. The molecule has 0 saturated carbocycles. The van der Waals surface area contributed by atoms with Crippen molar-refractivity contribution in [3.05, 3.63) is 24.8 Å². The Morgan fingerprint density at radius 1 is 1.14 bits per heavy atom. The number of carbonyl (C=O) groups excluding carboxylic acids is 1. The van der Waals surface area contributed by atoms with E-state index in [1.54, 1.807) is 6.08 Å². The molecule has 0 aromatic heterocycles. The fourth-order valence-electron chi connectivity index (χ4n) is 2.81. The molecular weight excluding hydrogens is 272 g/mol. The van der Waals surface area contributed by atoms with Gasteiger partial charge >= 0.3 is 0 Å². The number of amides is 1. The molecule has 0 aliphatic rings. The van der Waals surface area contributed by atoms with Crippen molar-refractivity contribution in [2.45, 2.75) is 52.9 Å². The largest absolute Gasteiger partial charge is 0.335 e. The lowest BCUT2D eigenvalue weighted by Crippen LogP contribution is -2.39. The topological polar surface area (TPSA) is 23.6 Å². The number of rotatable bonds is 12. The van der Waals surface area contributed by atoms with E-state index in [9.17, 15) is 4.79 Å². The van der Waals surface area contributed by atoms with Crippen LogP contribution in [-0.4, -0.2) is 49.4 Å². The first-order valence-electron chi connectivity index (χ1n) is 8.59. The van der Waals surface area contributed by atoms with Crippen LogP contribution in [0.2, 0.25) is 0 Å².